The van der Waals surface area contributed by atoms with Gasteiger partial charge in [0.2, 0.25) is 0 Å². The zero-order valence-corrected chi connectivity index (χ0v) is 22.7. The van der Waals surface area contributed by atoms with Crippen LogP contribution in [0.15, 0.2) is 29.3 Å². The number of nitrogens with zero attached hydrogens (tertiary/aromatic N) is 3. The summed E-state index contributed by atoms with van der Waals surface area (Å²) in [5.41, 5.74) is 1.01. The number of aliphatic hydroxyl groups excluding tert-OH is 1. The second-order valence-electron chi connectivity index (χ2n) is 11.5. The first-order valence-corrected chi connectivity index (χ1v) is 14.9. The van der Waals surface area contributed by atoms with Crippen molar-refractivity contribution in [3.05, 3.63) is 56.1 Å². The molecule has 2 bridgehead atoms. The van der Waals surface area contributed by atoms with Crippen molar-refractivity contribution in [1.82, 2.24) is 19.9 Å². The van der Waals surface area contributed by atoms with Gasteiger partial charge in [0.1, 0.15) is 5.82 Å². The molecule has 7 rings (SSSR count). The Morgan fingerprint density at radius 1 is 1.13 bits per heavy atom. The highest BCUT2D eigenvalue weighted by molar-refractivity contribution is 7.11. The number of aryl methyl sites for hydroxylation is 1. The average molecular weight is 541 g/mol. The zero-order chi connectivity index (χ0) is 26.2. The van der Waals surface area contributed by atoms with Gasteiger partial charge in [0.25, 0.3) is 5.56 Å². The van der Waals surface area contributed by atoms with Crippen LogP contribution < -0.4 is 10.9 Å². The standard InChI is InChI=1S/C29H37FN4O3S/c30-23-18-31-24-6-7-25(36)34(14-15-35)26(24)22(23)8-9-29-12-10-28(11-13-29,19-37-29)33-17-21-16-32-27(38-21)20-4-2-1-3-5-20/h6-7,16,18,20,33,35H,1-5,8-15,17,19H2. The summed E-state index contributed by atoms with van der Waals surface area (Å²) < 4.78 is 23.0. The topological polar surface area (TPSA) is 89.3 Å². The average Bonchev–Trinajstić information content (AvgIpc) is 3.44. The van der Waals surface area contributed by atoms with Crippen molar-refractivity contribution in [3.8, 4) is 0 Å². The van der Waals surface area contributed by atoms with Crippen molar-refractivity contribution in [2.45, 2.75) is 101 Å². The third-order valence-electron chi connectivity index (χ3n) is 9.14. The van der Waals surface area contributed by atoms with E-state index < -0.39 is 5.82 Å². The molecule has 4 aliphatic rings. The summed E-state index contributed by atoms with van der Waals surface area (Å²) in [5, 5.41) is 14.6. The van der Waals surface area contributed by atoms with Gasteiger partial charge in [-0.25, -0.2) is 9.37 Å². The molecule has 9 heteroatoms. The Morgan fingerprint density at radius 3 is 2.68 bits per heavy atom. The number of hydrogen-bond acceptors (Lipinski definition) is 7. The number of ether oxygens (including phenoxy) is 1. The lowest BCUT2D eigenvalue weighted by molar-refractivity contribution is -0.165. The molecule has 0 atom stereocenters. The van der Waals surface area contributed by atoms with E-state index in [4.69, 9.17) is 9.72 Å². The van der Waals surface area contributed by atoms with E-state index in [0.717, 1.165) is 32.2 Å². The number of halogens is 1. The maximum atomic E-state index is 15.0. The van der Waals surface area contributed by atoms with Crippen LogP contribution in [-0.2, 0) is 24.2 Å². The van der Waals surface area contributed by atoms with E-state index in [0.29, 0.717) is 42.0 Å². The SMILES string of the molecule is O=c1ccc2ncc(F)c(CCC34CCC(NCc5cnc(C6CCCCC6)s5)(CC3)CO4)c2n1CCO. The van der Waals surface area contributed by atoms with Crippen LogP contribution in [0.5, 0.6) is 0 Å². The molecule has 0 radical (unpaired) electrons. The highest BCUT2D eigenvalue weighted by Gasteiger charge is 2.49. The molecule has 0 spiro atoms. The van der Waals surface area contributed by atoms with Crippen LogP contribution in [0.2, 0.25) is 0 Å². The van der Waals surface area contributed by atoms with Gasteiger partial charge in [0.05, 0.1) is 41.1 Å². The van der Waals surface area contributed by atoms with Crippen LogP contribution >= 0.6 is 11.3 Å². The summed E-state index contributed by atoms with van der Waals surface area (Å²) in [6.07, 6.45) is 15.0. The minimum atomic E-state index is -0.411. The summed E-state index contributed by atoms with van der Waals surface area (Å²) in [6, 6.07) is 3.05. The summed E-state index contributed by atoms with van der Waals surface area (Å²) in [7, 11) is 0. The number of hydrogen-bond donors (Lipinski definition) is 2. The van der Waals surface area contributed by atoms with Gasteiger partial charge in [-0.3, -0.25) is 9.78 Å². The molecule has 2 aliphatic heterocycles. The fourth-order valence-corrected chi connectivity index (χ4v) is 7.78. The van der Waals surface area contributed by atoms with E-state index in [9.17, 15) is 9.90 Å². The Balaban J connectivity index is 1.10. The molecule has 3 aromatic rings. The third-order valence-corrected chi connectivity index (χ3v) is 10.3. The molecule has 3 aromatic heterocycles. The Hall–Kier alpha value is -2.20. The minimum absolute atomic E-state index is 0.00698. The van der Waals surface area contributed by atoms with Gasteiger partial charge in [-0.05, 0) is 57.4 Å². The normalized spacial score (nSPS) is 25.8. The molecule has 2 N–H and O–H groups in total. The Bertz CT molecular complexity index is 1320. The number of pyridine rings is 2. The first-order valence-electron chi connectivity index (χ1n) is 14.1. The smallest absolute Gasteiger partial charge is 0.251 e. The van der Waals surface area contributed by atoms with Gasteiger partial charge in [0.15, 0.2) is 0 Å². The molecule has 38 heavy (non-hydrogen) atoms. The minimum Gasteiger partial charge on any atom is -0.395 e. The predicted molar refractivity (Wildman–Crippen MR) is 146 cm³/mol. The molecule has 0 aromatic carbocycles. The Morgan fingerprint density at radius 2 is 1.95 bits per heavy atom. The van der Waals surface area contributed by atoms with Gasteiger partial charge in [-0.15, -0.1) is 11.3 Å². The summed E-state index contributed by atoms with van der Waals surface area (Å²) in [5.74, 6) is 0.237. The lowest BCUT2D eigenvalue weighted by atomic mass is 9.69. The predicted octanol–water partition coefficient (Wildman–Crippen LogP) is 4.84. The number of nitrogens with one attached hydrogen (secondary N) is 1. The van der Waals surface area contributed by atoms with Gasteiger partial charge in [-0.1, -0.05) is 19.3 Å². The lowest BCUT2D eigenvalue weighted by Gasteiger charge is -2.53. The molecular weight excluding hydrogens is 503 g/mol. The number of thiazole rings is 1. The van der Waals surface area contributed by atoms with Crippen LogP contribution in [0.3, 0.4) is 0 Å². The maximum Gasteiger partial charge on any atom is 0.251 e. The van der Waals surface area contributed by atoms with E-state index in [2.05, 4.69) is 16.5 Å². The van der Waals surface area contributed by atoms with E-state index >= 15 is 4.39 Å². The van der Waals surface area contributed by atoms with Crippen molar-refractivity contribution in [3.63, 3.8) is 0 Å². The quantitative estimate of drug-likeness (QED) is 0.404. The van der Waals surface area contributed by atoms with Crippen LogP contribution in [0.25, 0.3) is 11.0 Å². The van der Waals surface area contributed by atoms with Gasteiger partial charge >= 0.3 is 0 Å². The maximum absolute atomic E-state index is 15.0. The molecule has 0 amide bonds. The van der Waals surface area contributed by atoms with Crippen molar-refractivity contribution < 1.29 is 14.2 Å². The van der Waals surface area contributed by atoms with Crippen LogP contribution in [0.4, 0.5) is 4.39 Å². The third kappa shape index (κ3) is 5.06. The second kappa shape index (κ2) is 10.8. The Kier molecular flexibility index (Phi) is 7.37. The van der Waals surface area contributed by atoms with E-state index in [1.165, 1.54) is 58.8 Å². The fourth-order valence-electron chi connectivity index (χ4n) is 6.75. The van der Waals surface area contributed by atoms with Crippen molar-refractivity contribution in [2.24, 2.45) is 0 Å². The van der Waals surface area contributed by atoms with Gasteiger partial charge in [0, 0.05) is 47.3 Å². The fraction of sp³-hybridized carbons (Fsp3) is 0.621. The second-order valence-corrected chi connectivity index (χ2v) is 12.6. The first-order chi connectivity index (χ1) is 18.5. The molecule has 4 fully saturated rings. The molecule has 0 unspecified atom stereocenters. The zero-order valence-electron chi connectivity index (χ0n) is 21.9. The highest BCUT2D eigenvalue weighted by Crippen LogP contribution is 2.46. The van der Waals surface area contributed by atoms with E-state index in [1.807, 2.05) is 11.3 Å². The van der Waals surface area contributed by atoms with Crippen LogP contribution in [0, 0.1) is 5.82 Å². The van der Waals surface area contributed by atoms with Gasteiger partial charge < -0.3 is 19.7 Å². The highest BCUT2D eigenvalue weighted by atomic mass is 32.1. The van der Waals surface area contributed by atoms with Crippen molar-refractivity contribution >= 4 is 22.4 Å². The summed E-state index contributed by atoms with van der Waals surface area (Å²) >= 11 is 1.87. The van der Waals surface area contributed by atoms with Crippen molar-refractivity contribution in [2.75, 3.05) is 13.2 Å². The molecular formula is C29H37FN4O3S. The molecule has 7 nitrogen and oxygen atoms in total. The monoisotopic (exact) mass is 540 g/mol. The van der Waals surface area contributed by atoms with E-state index in [-0.39, 0.29) is 29.9 Å². The number of rotatable bonds is 9. The molecule has 204 valence electrons. The van der Waals surface area contributed by atoms with Crippen LogP contribution in [-0.4, -0.2) is 44.0 Å². The molecule has 2 saturated heterocycles. The summed E-state index contributed by atoms with van der Waals surface area (Å²) in [6.45, 7) is 1.42. The molecule has 2 aliphatic carbocycles. The van der Waals surface area contributed by atoms with Crippen LogP contribution in [0.1, 0.15) is 85.6 Å². The van der Waals surface area contributed by atoms with Gasteiger partial charge in [-0.2, -0.15) is 0 Å². The molecule has 2 saturated carbocycles. The lowest BCUT2D eigenvalue weighted by Crippen LogP contribution is -2.61. The number of fused-ring (bicyclic) bond motifs is 4. The Labute approximate surface area is 226 Å². The number of aliphatic hydroxyl groups is 1. The largest absolute Gasteiger partial charge is 0.395 e. The molecule has 5 heterocycles. The summed E-state index contributed by atoms with van der Waals surface area (Å²) in [4.78, 5) is 22.7. The van der Waals surface area contributed by atoms with E-state index in [1.54, 1.807) is 6.07 Å². The van der Waals surface area contributed by atoms with Crippen molar-refractivity contribution in [1.29, 1.82) is 0 Å². The number of aromatic nitrogens is 3. The first kappa shape index (κ1) is 26.0.